The molecule has 21 heavy (non-hydrogen) atoms. The van der Waals surface area contributed by atoms with Crippen molar-refractivity contribution in [3.8, 4) is 5.88 Å². The molecular formula is C17H27BrN2O. The van der Waals surface area contributed by atoms with Gasteiger partial charge in [-0.15, -0.1) is 0 Å². The summed E-state index contributed by atoms with van der Waals surface area (Å²) in [5.74, 6) is 1.62. The Morgan fingerprint density at radius 1 is 1.43 bits per heavy atom. The van der Waals surface area contributed by atoms with Gasteiger partial charge in [-0.1, -0.05) is 33.6 Å². The molecule has 1 heterocycles. The van der Waals surface area contributed by atoms with Gasteiger partial charge in [0, 0.05) is 28.8 Å². The number of rotatable bonds is 6. The fraction of sp³-hybridized carbons (Fsp3) is 0.706. The molecular weight excluding hydrogens is 328 g/mol. The smallest absolute Gasteiger partial charge is 0.218 e. The summed E-state index contributed by atoms with van der Waals surface area (Å²) in [7, 11) is 0. The maximum atomic E-state index is 6.23. The highest BCUT2D eigenvalue weighted by atomic mass is 79.9. The molecule has 0 amide bonds. The summed E-state index contributed by atoms with van der Waals surface area (Å²) >= 11 is 3.50. The number of halogens is 1. The van der Waals surface area contributed by atoms with E-state index in [0.29, 0.717) is 12.1 Å². The van der Waals surface area contributed by atoms with Crippen LogP contribution in [0.5, 0.6) is 5.88 Å². The number of hydrogen-bond donors (Lipinski definition) is 1. The van der Waals surface area contributed by atoms with E-state index < -0.39 is 0 Å². The average molecular weight is 355 g/mol. The first-order valence-corrected chi connectivity index (χ1v) is 8.92. The topological polar surface area (TPSA) is 34.1 Å². The summed E-state index contributed by atoms with van der Waals surface area (Å²) in [5, 5.41) is 3.45. The van der Waals surface area contributed by atoms with Crippen molar-refractivity contribution in [1.82, 2.24) is 10.3 Å². The van der Waals surface area contributed by atoms with E-state index in [-0.39, 0.29) is 0 Å². The first-order valence-electron chi connectivity index (χ1n) is 8.13. The van der Waals surface area contributed by atoms with Crippen molar-refractivity contribution < 1.29 is 4.74 Å². The van der Waals surface area contributed by atoms with Crippen molar-refractivity contribution in [3.63, 3.8) is 0 Å². The molecule has 2 atom stereocenters. The van der Waals surface area contributed by atoms with Crippen LogP contribution in [0.4, 0.5) is 0 Å². The molecule has 0 bridgehead atoms. The van der Waals surface area contributed by atoms with Gasteiger partial charge in [-0.3, -0.25) is 0 Å². The Morgan fingerprint density at radius 2 is 2.24 bits per heavy atom. The second-order valence-corrected chi connectivity index (χ2v) is 7.25. The number of hydrogen-bond acceptors (Lipinski definition) is 3. The lowest BCUT2D eigenvalue weighted by Gasteiger charge is -2.29. The van der Waals surface area contributed by atoms with Crippen LogP contribution in [-0.4, -0.2) is 17.1 Å². The monoisotopic (exact) mass is 354 g/mol. The van der Waals surface area contributed by atoms with Crippen molar-refractivity contribution in [2.75, 3.05) is 0 Å². The molecule has 2 unspecified atom stereocenters. The van der Waals surface area contributed by atoms with Gasteiger partial charge in [0.15, 0.2) is 0 Å². The number of nitrogens with one attached hydrogen (secondary N) is 1. The standard InChI is InChI=1S/C17H27BrN2O/c1-4-13-6-5-7-16(8-13)21-17-14(10-19-12(2)3)9-15(18)11-20-17/h9,11-13,16,19H,4-8,10H2,1-3H3. The molecule has 1 aliphatic rings. The molecule has 0 saturated heterocycles. The quantitative estimate of drug-likeness (QED) is 0.804. The van der Waals surface area contributed by atoms with E-state index >= 15 is 0 Å². The molecule has 2 rings (SSSR count). The third-order valence-corrected chi connectivity index (χ3v) is 4.62. The van der Waals surface area contributed by atoms with Crippen molar-refractivity contribution in [2.24, 2.45) is 5.92 Å². The zero-order valence-corrected chi connectivity index (χ0v) is 14.9. The predicted molar refractivity (Wildman–Crippen MR) is 90.6 cm³/mol. The van der Waals surface area contributed by atoms with Crippen LogP contribution in [-0.2, 0) is 6.54 Å². The molecule has 118 valence electrons. The lowest BCUT2D eigenvalue weighted by molar-refractivity contribution is 0.115. The summed E-state index contributed by atoms with van der Waals surface area (Å²) in [6, 6.07) is 2.56. The highest BCUT2D eigenvalue weighted by Gasteiger charge is 2.23. The molecule has 0 spiro atoms. The third kappa shape index (κ3) is 5.26. The van der Waals surface area contributed by atoms with Gasteiger partial charge in [0.25, 0.3) is 0 Å². The first-order chi connectivity index (χ1) is 10.1. The van der Waals surface area contributed by atoms with Crippen molar-refractivity contribution in [1.29, 1.82) is 0 Å². The summed E-state index contributed by atoms with van der Waals surface area (Å²) in [6.07, 6.45) is 8.38. The Labute approximate surface area is 137 Å². The SMILES string of the molecule is CCC1CCCC(Oc2ncc(Br)cc2CNC(C)C)C1. The van der Waals surface area contributed by atoms with Gasteiger partial charge in [0.05, 0.1) is 0 Å². The molecule has 1 N–H and O–H groups in total. The molecule has 0 radical (unpaired) electrons. The molecule has 1 aliphatic carbocycles. The van der Waals surface area contributed by atoms with E-state index in [1.165, 1.54) is 25.7 Å². The Bertz CT molecular complexity index is 450. The van der Waals surface area contributed by atoms with Crippen molar-refractivity contribution >= 4 is 15.9 Å². The van der Waals surface area contributed by atoms with Crippen molar-refractivity contribution in [2.45, 2.75) is 71.6 Å². The van der Waals surface area contributed by atoms with E-state index in [4.69, 9.17) is 4.74 Å². The number of pyridine rings is 1. The minimum atomic E-state index is 0.329. The largest absolute Gasteiger partial charge is 0.474 e. The van der Waals surface area contributed by atoms with Crippen LogP contribution in [0.3, 0.4) is 0 Å². The Kier molecular flexibility index (Phi) is 6.49. The zero-order valence-electron chi connectivity index (χ0n) is 13.4. The van der Waals surface area contributed by atoms with Crippen LogP contribution < -0.4 is 10.1 Å². The van der Waals surface area contributed by atoms with E-state index in [1.54, 1.807) is 0 Å². The van der Waals surface area contributed by atoms with E-state index in [0.717, 1.165) is 34.8 Å². The second kappa shape index (κ2) is 8.14. The molecule has 0 aromatic carbocycles. The van der Waals surface area contributed by atoms with Gasteiger partial charge < -0.3 is 10.1 Å². The van der Waals surface area contributed by atoms with E-state index in [1.807, 2.05) is 6.20 Å². The zero-order chi connectivity index (χ0) is 15.2. The van der Waals surface area contributed by atoms with Gasteiger partial charge in [-0.25, -0.2) is 4.98 Å². The lowest BCUT2D eigenvalue weighted by Crippen LogP contribution is -2.27. The van der Waals surface area contributed by atoms with Crippen LogP contribution in [0, 0.1) is 5.92 Å². The fourth-order valence-corrected chi connectivity index (χ4v) is 3.27. The van der Waals surface area contributed by atoms with Crippen LogP contribution in [0.15, 0.2) is 16.7 Å². The molecule has 1 saturated carbocycles. The summed E-state index contributed by atoms with van der Waals surface area (Å²) < 4.78 is 7.24. The Balaban J connectivity index is 2.04. The van der Waals surface area contributed by atoms with Gasteiger partial charge in [0.2, 0.25) is 5.88 Å². The maximum Gasteiger partial charge on any atom is 0.218 e. The summed E-state index contributed by atoms with van der Waals surface area (Å²) in [5.41, 5.74) is 1.14. The molecule has 3 nitrogen and oxygen atoms in total. The first kappa shape index (κ1) is 16.8. The fourth-order valence-electron chi connectivity index (χ4n) is 2.89. The molecule has 1 fully saturated rings. The number of aromatic nitrogens is 1. The lowest BCUT2D eigenvalue weighted by atomic mass is 9.85. The van der Waals surface area contributed by atoms with Crippen LogP contribution >= 0.6 is 15.9 Å². The van der Waals surface area contributed by atoms with Gasteiger partial charge in [0.1, 0.15) is 6.10 Å². The number of nitrogens with zero attached hydrogens (tertiary/aromatic N) is 1. The minimum absolute atomic E-state index is 0.329. The predicted octanol–water partition coefficient (Wildman–Crippen LogP) is 4.69. The summed E-state index contributed by atoms with van der Waals surface area (Å²) in [4.78, 5) is 4.49. The van der Waals surface area contributed by atoms with Crippen LogP contribution in [0.1, 0.15) is 58.4 Å². The van der Waals surface area contributed by atoms with Crippen LogP contribution in [0.2, 0.25) is 0 Å². The average Bonchev–Trinajstić information content (AvgIpc) is 2.47. The molecule has 0 aliphatic heterocycles. The third-order valence-electron chi connectivity index (χ3n) is 4.18. The van der Waals surface area contributed by atoms with Gasteiger partial charge in [-0.2, -0.15) is 0 Å². The van der Waals surface area contributed by atoms with Crippen molar-refractivity contribution in [3.05, 3.63) is 22.3 Å². The summed E-state index contributed by atoms with van der Waals surface area (Å²) in [6.45, 7) is 7.38. The minimum Gasteiger partial charge on any atom is -0.474 e. The van der Waals surface area contributed by atoms with Gasteiger partial charge >= 0.3 is 0 Å². The normalized spacial score (nSPS) is 22.5. The molecule has 1 aromatic heterocycles. The molecule has 1 aromatic rings. The van der Waals surface area contributed by atoms with Gasteiger partial charge in [-0.05, 0) is 47.2 Å². The van der Waals surface area contributed by atoms with E-state index in [9.17, 15) is 0 Å². The van der Waals surface area contributed by atoms with Crippen LogP contribution in [0.25, 0.3) is 0 Å². The Hall–Kier alpha value is -0.610. The molecule has 4 heteroatoms. The number of ether oxygens (including phenoxy) is 1. The van der Waals surface area contributed by atoms with E-state index in [2.05, 4.69) is 53.1 Å². The highest BCUT2D eigenvalue weighted by Crippen LogP contribution is 2.30. The second-order valence-electron chi connectivity index (χ2n) is 6.33. The maximum absolute atomic E-state index is 6.23. The Morgan fingerprint density at radius 3 is 2.95 bits per heavy atom. The highest BCUT2D eigenvalue weighted by molar-refractivity contribution is 9.10.